The zero-order valence-corrected chi connectivity index (χ0v) is 18.0. The highest BCUT2D eigenvalue weighted by molar-refractivity contribution is 5.89. The fourth-order valence-corrected chi connectivity index (χ4v) is 4.02. The predicted molar refractivity (Wildman–Crippen MR) is 128 cm³/mol. The summed E-state index contributed by atoms with van der Waals surface area (Å²) in [5, 5.41) is 1.01. The maximum absolute atomic E-state index is 14.5. The highest BCUT2D eigenvalue weighted by Crippen LogP contribution is 2.30. The van der Waals surface area contributed by atoms with Gasteiger partial charge in [0.05, 0.1) is 0 Å². The summed E-state index contributed by atoms with van der Waals surface area (Å²) in [5.74, 6) is -0.629. The minimum absolute atomic E-state index is 0.106. The third-order valence-electron chi connectivity index (χ3n) is 5.82. The minimum atomic E-state index is -1.91. The zero-order chi connectivity index (χ0) is 22.5. The van der Waals surface area contributed by atoms with Crippen LogP contribution in [0.5, 0.6) is 0 Å². The van der Waals surface area contributed by atoms with Gasteiger partial charge in [-0.3, -0.25) is 0 Å². The van der Waals surface area contributed by atoms with Crippen molar-refractivity contribution in [1.29, 1.82) is 0 Å². The Morgan fingerprint density at radius 2 is 1.31 bits per heavy atom. The van der Waals surface area contributed by atoms with Crippen molar-refractivity contribution >= 4 is 16.8 Å². The van der Waals surface area contributed by atoms with Crippen LogP contribution in [0, 0.1) is 5.82 Å². The van der Waals surface area contributed by atoms with Crippen LogP contribution in [0.25, 0.3) is 39.1 Å². The van der Waals surface area contributed by atoms with E-state index in [0.29, 0.717) is 16.8 Å². The van der Waals surface area contributed by atoms with Crippen molar-refractivity contribution in [3.05, 3.63) is 102 Å². The average molecular weight is 431 g/mol. The zero-order valence-electron chi connectivity index (χ0n) is 18.0. The topological polar surface area (TPSA) is 0 Å². The molecule has 0 bridgehead atoms. The van der Waals surface area contributed by atoms with Gasteiger partial charge in [-0.15, -0.1) is 0 Å². The molecule has 32 heavy (non-hydrogen) atoms. The summed E-state index contributed by atoms with van der Waals surface area (Å²) in [4.78, 5) is 0. The highest BCUT2D eigenvalue weighted by Gasteiger charge is 2.09. The summed E-state index contributed by atoms with van der Waals surface area (Å²) >= 11 is 0. The summed E-state index contributed by atoms with van der Waals surface area (Å²) in [6.07, 6.45) is 3.49. The number of fused-ring (bicyclic) bond motifs is 1. The minimum Gasteiger partial charge on any atom is -0.206 e. The van der Waals surface area contributed by atoms with E-state index in [2.05, 4.69) is 55.5 Å². The summed E-state index contributed by atoms with van der Waals surface area (Å²) in [5.41, 5.74) is 5.56. The molecule has 0 spiro atoms. The molecule has 162 valence electrons. The van der Waals surface area contributed by atoms with Crippen molar-refractivity contribution in [1.82, 2.24) is 0 Å². The Morgan fingerprint density at radius 1 is 0.719 bits per heavy atom. The summed E-state index contributed by atoms with van der Waals surface area (Å²) in [6.45, 7) is 2.22. The normalized spacial score (nSPS) is 11.0. The Hall–Kier alpha value is -3.33. The molecule has 0 N–H and O–H groups in total. The first-order chi connectivity index (χ1) is 15.5. The number of rotatable bonds is 7. The van der Waals surface area contributed by atoms with E-state index in [1.54, 1.807) is 12.1 Å². The molecule has 0 aliphatic rings. The van der Waals surface area contributed by atoms with Crippen LogP contribution >= 0.6 is 0 Å². The first-order valence-electron chi connectivity index (χ1n) is 11.0. The number of halogens is 3. The van der Waals surface area contributed by atoms with Crippen molar-refractivity contribution < 1.29 is 13.2 Å². The molecule has 0 aliphatic carbocycles. The molecule has 0 saturated carbocycles. The molecule has 4 aromatic carbocycles. The van der Waals surface area contributed by atoms with Gasteiger partial charge in [0.25, 0.3) is 6.08 Å². The Morgan fingerprint density at radius 3 is 1.94 bits per heavy atom. The highest BCUT2D eigenvalue weighted by atomic mass is 19.3. The fourth-order valence-electron chi connectivity index (χ4n) is 4.02. The van der Waals surface area contributed by atoms with Crippen molar-refractivity contribution in [2.75, 3.05) is 0 Å². The molecule has 0 aliphatic heterocycles. The maximum Gasteiger partial charge on any atom is 0.271 e. The second-order valence-electron chi connectivity index (χ2n) is 8.07. The van der Waals surface area contributed by atoms with Gasteiger partial charge in [-0.25, -0.2) is 4.39 Å². The standard InChI is InChI=1S/C29H25F3/c1-2-3-4-5-20-6-8-21(9-7-20)22-10-12-23(13-11-22)24-16-17-27-25(18-24)14-15-26(29(27)32)19-28(30)31/h6-19H,2-5H2,1H3. The van der Waals surface area contributed by atoms with E-state index in [0.717, 1.165) is 23.1 Å². The van der Waals surface area contributed by atoms with E-state index < -0.39 is 11.9 Å². The van der Waals surface area contributed by atoms with Gasteiger partial charge in [0.2, 0.25) is 0 Å². The number of hydrogen-bond acceptors (Lipinski definition) is 0. The first kappa shape index (κ1) is 21.9. The lowest BCUT2D eigenvalue weighted by Gasteiger charge is -2.09. The molecule has 0 fully saturated rings. The Kier molecular flexibility index (Phi) is 6.75. The number of benzene rings is 4. The van der Waals surface area contributed by atoms with E-state index in [4.69, 9.17) is 0 Å². The maximum atomic E-state index is 14.5. The molecule has 0 nitrogen and oxygen atoms in total. The number of aryl methyl sites for hydroxylation is 1. The Labute approximate surface area is 187 Å². The van der Waals surface area contributed by atoms with Crippen molar-refractivity contribution in [3.8, 4) is 22.3 Å². The first-order valence-corrected chi connectivity index (χ1v) is 11.0. The SMILES string of the molecule is CCCCCc1ccc(-c2ccc(-c3ccc4c(F)c(C=C(F)F)ccc4c3)cc2)cc1. The smallest absolute Gasteiger partial charge is 0.206 e. The van der Waals surface area contributed by atoms with Gasteiger partial charge >= 0.3 is 0 Å². The van der Waals surface area contributed by atoms with Gasteiger partial charge in [-0.1, -0.05) is 92.6 Å². The molecule has 0 aromatic heterocycles. The van der Waals surface area contributed by atoms with Gasteiger partial charge in [0.1, 0.15) is 5.82 Å². The van der Waals surface area contributed by atoms with Crippen molar-refractivity contribution in [2.24, 2.45) is 0 Å². The summed E-state index contributed by atoms with van der Waals surface area (Å²) in [6, 6.07) is 25.4. The molecule has 0 atom stereocenters. The third-order valence-corrected chi connectivity index (χ3v) is 5.82. The molecule has 4 aromatic rings. The lowest BCUT2D eigenvalue weighted by Crippen LogP contribution is -1.87. The fraction of sp³-hybridized carbons (Fsp3) is 0.172. The molecular formula is C29H25F3. The van der Waals surface area contributed by atoms with E-state index >= 15 is 0 Å². The van der Waals surface area contributed by atoms with Crippen LogP contribution in [0.4, 0.5) is 13.2 Å². The van der Waals surface area contributed by atoms with Gasteiger partial charge in [-0.2, -0.15) is 8.78 Å². The van der Waals surface area contributed by atoms with Gasteiger partial charge in [0, 0.05) is 17.0 Å². The number of hydrogen-bond donors (Lipinski definition) is 0. The summed E-state index contributed by atoms with van der Waals surface area (Å²) < 4.78 is 39.6. The van der Waals surface area contributed by atoms with Crippen molar-refractivity contribution in [2.45, 2.75) is 32.6 Å². The summed E-state index contributed by atoms with van der Waals surface area (Å²) in [7, 11) is 0. The van der Waals surface area contributed by atoms with E-state index in [1.807, 2.05) is 12.1 Å². The second kappa shape index (κ2) is 9.86. The van der Waals surface area contributed by atoms with Crippen LogP contribution in [-0.2, 0) is 6.42 Å². The van der Waals surface area contributed by atoms with Crippen LogP contribution in [0.1, 0.15) is 37.3 Å². The molecule has 0 unspecified atom stereocenters. The third kappa shape index (κ3) is 4.94. The monoisotopic (exact) mass is 430 g/mol. The van der Waals surface area contributed by atoms with E-state index in [-0.39, 0.29) is 5.56 Å². The predicted octanol–water partition coefficient (Wildman–Crippen LogP) is 9.28. The van der Waals surface area contributed by atoms with Crippen LogP contribution in [0.2, 0.25) is 0 Å². The van der Waals surface area contributed by atoms with Crippen molar-refractivity contribution in [3.63, 3.8) is 0 Å². The molecule has 3 heteroatoms. The molecule has 0 heterocycles. The van der Waals surface area contributed by atoms with Gasteiger partial charge in [0.15, 0.2) is 0 Å². The van der Waals surface area contributed by atoms with Crippen LogP contribution < -0.4 is 0 Å². The second-order valence-corrected chi connectivity index (χ2v) is 8.07. The number of unbranched alkanes of at least 4 members (excludes halogenated alkanes) is 2. The Bertz CT molecular complexity index is 1230. The van der Waals surface area contributed by atoms with E-state index in [1.165, 1.54) is 36.5 Å². The largest absolute Gasteiger partial charge is 0.271 e. The average Bonchev–Trinajstić information content (AvgIpc) is 2.81. The molecule has 0 radical (unpaired) electrons. The lowest BCUT2D eigenvalue weighted by atomic mass is 9.96. The quantitative estimate of drug-likeness (QED) is 0.256. The molecule has 0 amide bonds. The van der Waals surface area contributed by atoms with Crippen LogP contribution in [0.3, 0.4) is 0 Å². The van der Waals surface area contributed by atoms with Gasteiger partial charge in [-0.05, 0) is 52.1 Å². The molecular weight excluding hydrogens is 405 g/mol. The lowest BCUT2D eigenvalue weighted by molar-refractivity contribution is 0.429. The Balaban J connectivity index is 1.55. The molecule has 0 saturated heterocycles. The van der Waals surface area contributed by atoms with Gasteiger partial charge < -0.3 is 0 Å². The molecule has 4 rings (SSSR count). The van der Waals surface area contributed by atoms with Crippen LogP contribution in [-0.4, -0.2) is 0 Å². The van der Waals surface area contributed by atoms with E-state index in [9.17, 15) is 13.2 Å². The van der Waals surface area contributed by atoms with Crippen LogP contribution in [0.15, 0.2) is 84.9 Å².